The maximum absolute atomic E-state index is 11.9. The molecule has 2 aromatic heterocycles. The topological polar surface area (TPSA) is 81.4 Å². The average Bonchev–Trinajstić information content (AvgIpc) is 3.02. The molecule has 22 heavy (non-hydrogen) atoms. The highest BCUT2D eigenvalue weighted by atomic mass is 32.1. The van der Waals surface area contributed by atoms with Gasteiger partial charge in [-0.25, -0.2) is 0 Å². The van der Waals surface area contributed by atoms with Gasteiger partial charge in [-0.2, -0.15) is 4.52 Å². The third-order valence-corrected chi connectivity index (χ3v) is 4.06. The molecule has 1 aromatic carbocycles. The van der Waals surface area contributed by atoms with Gasteiger partial charge >= 0.3 is 0 Å². The summed E-state index contributed by atoms with van der Waals surface area (Å²) in [6.45, 7) is 5.77. The molecule has 0 spiro atoms. The van der Waals surface area contributed by atoms with Crippen molar-refractivity contribution in [3.8, 4) is 5.75 Å². The van der Waals surface area contributed by atoms with Gasteiger partial charge in [0.05, 0.1) is 0 Å². The van der Waals surface area contributed by atoms with Crippen molar-refractivity contribution < 1.29 is 9.53 Å². The third-order valence-electron chi connectivity index (χ3n) is 3.24. The molecule has 3 aromatic rings. The summed E-state index contributed by atoms with van der Waals surface area (Å²) < 4.78 is 7.07. The molecule has 3 rings (SSSR count). The number of nitrogens with zero attached hydrogens (tertiary/aromatic N) is 4. The Labute approximate surface area is 130 Å². The molecule has 1 N–H and O–H groups in total. The summed E-state index contributed by atoms with van der Waals surface area (Å²) in [6, 6.07) is 5.73. The number of ether oxygens (including phenoxy) is 1. The quantitative estimate of drug-likeness (QED) is 0.797. The number of aryl methyl sites for hydroxylation is 3. The number of aromatic nitrogens is 4. The number of hydrogen-bond donors (Lipinski definition) is 1. The van der Waals surface area contributed by atoms with Gasteiger partial charge in [0.25, 0.3) is 5.91 Å². The molecule has 0 unspecified atom stereocenters. The monoisotopic (exact) mass is 317 g/mol. The SMILES string of the molecule is Cc1ccc(OCC(=O)Nc2nn3c(C)nnc3s2)cc1C. The molecule has 1 amide bonds. The minimum atomic E-state index is -0.263. The molecule has 8 heteroatoms. The number of benzene rings is 1. The highest BCUT2D eigenvalue weighted by Gasteiger charge is 2.11. The summed E-state index contributed by atoms with van der Waals surface area (Å²) in [5.41, 5.74) is 2.31. The lowest BCUT2D eigenvalue weighted by Crippen LogP contribution is -2.20. The van der Waals surface area contributed by atoms with Gasteiger partial charge in [-0.1, -0.05) is 17.4 Å². The number of amides is 1. The van der Waals surface area contributed by atoms with Crippen molar-refractivity contribution in [2.75, 3.05) is 11.9 Å². The smallest absolute Gasteiger partial charge is 0.264 e. The predicted octanol–water partition coefficient (Wildman–Crippen LogP) is 2.13. The van der Waals surface area contributed by atoms with Crippen molar-refractivity contribution in [3.63, 3.8) is 0 Å². The zero-order chi connectivity index (χ0) is 15.7. The van der Waals surface area contributed by atoms with Gasteiger partial charge in [0, 0.05) is 0 Å². The minimum absolute atomic E-state index is 0.0678. The van der Waals surface area contributed by atoms with Crippen LogP contribution in [0.3, 0.4) is 0 Å². The Bertz CT molecular complexity index is 839. The van der Waals surface area contributed by atoms with Crippen LogP contribution >= 0.6 is 11.3 Å². The Morgan fingerprint density at radius 3 is 2.82 bits per heavy atom. The highest BCUT2D eigenvalue weighted by Crippen LogP contribution is 2.19. The van der Waals surface area contributed by atoms with Crippen molar-refractivity contribution in [3.05, 3.63) is 35.2 Å². The number of hydrogen-bond acceptors (Lipinski definition) is 6. The zero-order valence-electron chi connectivity index (χ0n) is 12.5. The van der Waals surface area contributed by atoms with E-state index in [1.807, 2.05) is 32.0 Å². The van der Waals surface area contributed by atoms with Gasteiger partial charge in [-0.3, -0.25) is 10.1 Å². The molecule has 114 valence electrons. The molecule has 7 nitrogen and oxygen atoms in total. The van der Waals surface area contributed by atoms with Crippen molar-refractivity contribution in [1.29, 1.82) is 0 Å². The number of rotatable bonds is 4. The Morgan fingerprint density at radius 2 is 2.09 bits per heavy atom. The lowest BCUT2D eigenvalue weighted by Gasteiger charge is -2.07. The molecule has 0 bridgehead atoms. The molecular formula is C14H15N5O2S. The van der Waals surface area contributed by atoms with E-state index < -0.39 is 0 Å². The maximum atomic E-state index is 11.9. The number of anilines is 1. The van der Waals surface area contributed by atoms with Crippen molar-refractivity contribution in [2.24, 2.45) is 0 Å². The summed E-state index contributed by atoms with van der Waals surface area (Å²) in [5.74, 6) is 1.09. The van der Waals surface area contributed by atoms with E-state index in [0.29, 0.717) is 21.7 Å². The third kappa shape index (κ3) is 2.91. The predicted molar refractivity (Wildman–Crippen MR) is 83.4 cm³/mol. The number of carbonyl (C=O) groups excluding carboxylic acids is 1. The second kappa shape index (κ2) is 5.72. The second-order valence-corrected chi connectivity index (χ2v) is 5.89. The first kappa shape index (κ1) is 14.5. The van der Waals surface area contributed by atoms with Crippen LogP contribution < -0.4 is 10.1 Å². The molecular weight excluding hydrogens is 302 g/mol. The molecule has 0 radical (unpaired) electrons. The minimum Gasteiger partial charge on any atom is -0.484 e. The van der Waals surface area contributed by atoms with Gasteiger partial charge in [0.15, 0.2) is 12.4 Å². The Balaban J connectivity index is 1.61. The van der Waals surface area contributed by atoms with Gasteiger partial charge in [-0.05, 0) is 44.0 Å². The van der Waals surface area contributed by atoms with Crippen LogP contribution in [0.1, 0.15) is 17.0 Å². The average molecular weight is 317 g/mol. The van der Waals surface area contributed by atoms with Crippen LogP contribution in [-0.4, -0.2) is 32.3 Å². The van der Waals surface area contributed by atoms with Crippen LogP contribution in [0.5, 0.6) is 5.75 Å². The van der Waals surface area contributed by atoms with Crippen molar-refractivity contribution in [2.45, 2.75) is 20.8 Å². The first-order chi connectivity index (χ1) is 10.5. The molecule has 0 fully saturated rings. The van der Waals surface area contributed by atoms with Crippen LogP contribution in [0, 0.1) is 20.8 Å². The first-order valence-corrected chi connectivity index (χ1v) is 7.53. The molecule has 0 atom stereocenters. The van der Waals surface area contributed by atoms with E-state index in [0.717, 1.165) is 5.56 Å². The van der Waals surface area contributed by atoms with E-state index in [-0.39, 0.29) is 12.5 Å². The van der Waals surface area contributed by atoms with Crippen LogP contribution in [0.25, 0.3) is 4.96 Å². The number of nitrogens with one attached hydrogen (secondary N) is 1. The first-order valence-electron chi connectivity index (χ1n) is 6.71. The molecule has 2 heterocycles. The summed E-state index contributed by atoms with van der Waals surface area (Å²) in [6.07, 6.45) is 0. The number of carbonyl (C=O) groups is 1. The highest BCUT2D eigenvalue weighted by molar-refractivity contribution is 7.20. The largest absolute Gasteiger partial charge is 0.484 e. The fraction of sp³-hybridized carbons (Fsp3) is 0.286. The molecule has 0 aliphatic carbocycles. The Kier molecular flexibility index (Phi) is 3.76. The van der Waals surface area contributed by atoms with E-state index >= 15 is 0 Å². The standard InChI is InChI=1S/C14H15N5O2S/c1-8-4-5-11(6-9(8)2)21-7-12(20)15-13-18-19-10(3)16-17-14(19)22-13/h4-6H,7H2,1-3H3,(H,15,18,20). The molecule has 0 aliphatic heterocycles. The van der Waals surface area contributed by atoms with Gasteiger partial charge in [0.1, 0.15) is 5.75 Å². The van der Waals surface area contributed by atoms with Gasteiger partial charge in [-0.15, -0.1) is 15.3 Å². The number of fused-ring (bicyclic) bond motifs is 1. The van der Waals surface area contributed by atoms with E-state index in [2.05, 4.69) is 20.6 Å². The van der Waals surface area contributed by atoms with E-state index in [4.69, 9.17) is 4.74 Å². The van der Waals surface area contributed by atoms with Gasteiger partial charge in [0.2, 0.25) is 10.1 Å². The van der Waals surface area contributed by atoms with Gasteiger partial charge < -0.3 is 4.74 Å². The zero-order valence-corrected chi connectivity index (χ0v) is 13.3. The second-order valence-electron chi connectivity index (χ2n) is 4.93. The van der Waals surface area contributed by atoms with E-state index in [9.17, 15) is 4.79 Å². The lowest BCUT2D eigenvalue weighted by atomic mass is 10.1. The molecule has 0 aliphatic rings. The molecule has 0 saturated carbocycles. The van der Waals surface area contributed by atoms with Crippen LogP contribution in [0.2, 0.25) is 0 Å². The normalized spacial score (nSPS) is 10.9. The fourth-order valence-electron chi connectivity index (χ4n) is 1.87. The Hall–Kier alpha value is -2.48. The fourth-order valence-corrected chi connectivity index (χ4v) is 2.67. The summed E-state index contributed by atoms with van der Waals surface area (Å²) >= 11 is 1.26. The lowest BCUT2D eigenvalue weighted by molar-refractivity contribution is -0.118. The summed E-state index contributed by atoms with van der Waals surface area (Å²) in [4.78, 5) is 12.5. The van der Waals surface area contributed by atoms with Crippen molar-refractivity contribution >= 4 is 27.3 Å². The van der Waals surface area contributed by atoms with Crippen LogP contribution in [0.4, 0.5) is 5.13 Å². The van der Waals surface area contributed by atoms with E-state index in [1.54, 1.807) is 11.4 Å². The van der Waals surface area contributed by atoms with E-state index in [1.165, 1.54) is 16.9 Å². The summed E-state index contributed by atoms with van der Waals surface area (Å²) in [5, 5.41) is 15.2. The maximum Gasteiger partial charge on any atom is 0.264 e. The van der Waals surface area contributed by atoms with Crippen LogP contribution in [-0.2, 0) is 4.79 Å². The van der Waals surface area contributed by atoms with Crippen molar-refractivity contribution in [1.82, 2.24) is 19.8 Å². The Morgan fingerprint density at radius 1 is 1.27 bits per heavy atom. The summed E-state index contributed by atoms with van der Waals surface area (Å²) in [7, 11) is 0. The van der Waals surface area contributed by atoms with Crippen LogP contribution in [0.15, 0.2) is 18.2 Å². The molecule has 0 saturated heterocycles.